The van der Waals surface area contributed by atoms with Gasteiger partial charge in [-0.2, -0.15) is 5.10 Å². The minimum atomic E-state index is -0.0429. The number of aromatic hydroxyl groups is 1. The van der Waals surface area contributed by atoms with Gasteiger partial charge in [0.2, 0.25) is 0 Å². The largest absolute Gasteiger partial charge is 0.508 e. The maximum absolute atomic E-state index is 11.3. The third-order valence-electron chi connectivity index (χ3n) is 4.22. The normalized spacial score (nSPS) is 10.7. The average molecular weight is 374 g/mol. The second kappa shape index (κ2) is 6.97. The molecule has 0 unspecified atom stereocenters. The van der Waals surface area contributed by atoms with E-state index in [1.165, 1.54) is 12.1 Å². The minimum absolute atomic E-state index is 0.0429. The Morgan fingerprint density at radius 3 is 2.48 bits per heavy atom. The predicted molar refractivity (Wildman–Crippen MR) is 107 cm³/mol. The Morgan fingerprint density at radius 1 is 0.963 bits per heavy atom. The van der Waals surface area contributed by atoms with Crippen molar-refractivity contribution in [3.05, 3.63) is 82.5 Å². The van der Waals surface area contributed by atoms with Crippen molar-refractivity contribution in [3.63, 3.8) is 0 Å². The highest BCUT2D eigenvalue weighted by Crippen LogP contribution is 2.35. The van der Waals surface area contributed by atoms with Gasteiger partial charge >= 0.3 is 0 Å². The number of nitrogens with zero attached hydrogens (tertiary/aromatic N) is 3. The third kappa shape index (κ3) is 3.04. The monoisotopic (exact) mass is 374 g/mol. The fourth-order valence-corrected chi connectivity index (χ4v) is 3.25. The number of nitrogens with one attached hydrogen (secondary N) is 1. The first-order chi connectivity index (χ1) is 13.2. The Bertz CT molecular complexity index is 1180. The van der Waals surface area contributed by atoms with Gasteiger partial charge in [-0.1, -0.05) is 48.5 Å². The molecule has 2 N–H and O–H groups in total. The summed E-state index contributed by atoms with van der Waals surface area (Å²) in [6.07, 6.45) is 0. The molecule has 0 fully saturated rings. The van der Waals surface area contributed by atoms with Crippen LogP contribution in [0, 0.1) is 9.68 Å². The quantitative estimate of drug-likeness (QED) is 0.372. The summed E-state index contributed by atoms with van der Waals surface area (Å²) < 4.78 is 2.15. The summed E-state index contributed by atoms with van der Waals surface area (Å²) in [4.78, 5) is 11.3. The lowest BCUT2D eigenvalue weighted by Gasteiger charge is -2.13. The molecule has 4 aromatic rings. The number of nitroso groups, excluding NO2 is 1. The molecule has 7 heteroatoms. The van der Waals surface area contributed by atoms with Crippen LogP contribution in [0.25, 0.3) is 28.2 Å². The molecule has 27 heavy (non-hydrogen) atoms. The number of phenols is 1. The van der Waals surface area contributed by atoms with Crippen LogP contribution in [0.2, 0.25) is 0 Å². The zero-order chi connectivity index (χ0) is 18.8. The third-order valence-corrected chi connectivity index (χ3v) is 4.50. The lowest BCUT2D eigenvalue weighted by molar-refractivity contribution is 0.475. The number of H-pyrrole nitrogens is 1. The molecule has 0 amide bonds. The Balaban J connectivity index is 1.98. The van der Waals surface area contributed by atoms with E-state index in [1.807, 2.05) is 54.6 Å². The van der Waals surface area contributed by atoms with Crippen molar-refractivity contribution in [3.8, 4) is 34.0 Å². The molecule has 0 saturated carbocycles. The summed E-state index contributed by atoms with van der Waals surface area (Å²) in [5, 5.41) is 19.8. The summed E-state index contributed by atoms with van der Waals surface area (Å²) >= 11 is 5.46. The summed E-state index contributed by atoms with van der Waals surface area (Å²) in [5.74, 6) is 0.400. The van der Waals surface area contributed by atoms with Gasteiger partial charge in [0.1, 0.15) is 11.4 Å². The zero-order valence-corrected chi connectivity index (χ0v) is 14.9. The van der Waals surface area contributed by atoms with E-state index in [0.29, 0.717) is 16.2 Å². The van der Waals surface area contributed by atoms with Crippen LogP contribution < -0.4 is 0 Å². The smallest absolute Gasteiger partial charge is 0.200 e. The number of hydrogen-bond donors (Lipinski definition) is 2. The number of benzene rings is 3. The molecule has 0 saturated heterocycles. The lowest BCUT2D eigenvalue weighted by Crippen LogP contribution is -2.00. The van der Waals surface area contributed by atoms with Gasteiger partial charge in [-0.3, -0.25) is 9.67 Å². The van der Waals surface area contributed by atoms with Gasteiger partial charge in [0.05, 0.1) is 5.69 Å². The van der Waals surface area contributed by atoms with E-state index in [0.717, 1.165) is 16.8 Å². The fraction of sp³-hybridized carbons (Fsp3) is 0. The van der Waals surface area contributed by atoms with Crippen molar-refractivity contribution in [1.82, 2.24) is 14.8 Å². The first kappa shape index (κ1) is 16.9. The lowest BCUT2D eigenvalue weighted by atomic mass is 10.0. The van der Waals surface area contributed by atoms with Crippen LogP contribution in [0.4, 0.5) is 5.69 Å². The van der Waals surface area contributed by atoms with Gasteiger partial charge < -0.3 is 5.11 Å². The average Bonchev–Trinajstić information content (AvgIpc) is 3.09. The number of hydrogen-bond acceptors (Lipinski definition) is 5. The topological polar surface area (TPSA) is 83.3 Å². The van der Waals surface area contributed by atoms with Gasteiger partial charge in [0.15, 0.2) is 10.6 Å². The van der Waals surface area contributed by atoms with Crippen LogP contribution in [0.15, 0.2) is 78.0 Å². The molecule has 0 aliphatic carbocycles. The molecule has 0 aliphatic heterocycles. The van der Waals surface area contributed by atoms with Crippen molar-refractivity contribution >= 4 is 17.9 Å². The maximum Gasteiger partial charge on any atom is 0.200 e. The standard InChI is InChI=1S/C20H14N4O2S/c25-14-10-11-16(17(12-14)23-26)19-21-22-20(27)24(19)18-9-5-4-8-15(18)13-6-2-1-3-7-13/h1-12,25H,(H,22,27). The molecule has 3 aromatic carbocycles. The molecule has 0 bridgehead atoms. The molecule has 1 heterocycles. The zero-order valence-electron chi connectivity index (χ0n) is 14.0. The van der Waals surface area contributed by atoms with Crippen molar-refractivity contribution in [2.75, 3.05) is 0 Å². The van der Waals surface area contributed by atoms with Crippen LogP contribution in [-0.2, 0) is 0 Å². The SMILES string of the molecule is O=Nc1cc(O)ccc1-c1n[nH]c(=S)n1-c1ccccc1-c1ccccc1. The number of para-hydroxylation sites is 1. The maximum atomic E-state index is 11.3. The summed E-state index contributed by atoms with van der Waals surface area (Å²) in [6, 6.07) is 22.1. The van der Waals surface area contributed by atoms with E-state index in [2.05, 4.69) is 15.4 Å². The number of aromatic amines is 1. The van der Waals surface area contributed by atoms with Crippen LogP contribution in [0.3, 0.4) is 0 Å². The van der Waals surface area contributed by atoms with Gasteiger partial charge in [-0.25, -0.2) is 0 Å². The number of phenolic OH excluding ortho intramolecular Hbond substituents is 1. The first-order valence-electron chi connectivity index (χ1n) is 8.18. The van der Waals surface area contributed by atoms with Crippen LogP contribution in [0.1, 0.15) is 0 Å². The highest BCUT2D eigenvalue weighted by molar-refractivity contribution is 7.71. The highest BCUT2D eigenvalue weighted by atomic mass is 32.1. The molecule has 4 rings (SSSR count). The second-order valence-electron chi connectivity index (χ2n) is 5.86. The van der Waals surface area contributed by atoms with Crippen LogP contribution >= 0.6 is 12.2 Å². The summed E-state index contributed by atoms with van der Waals surface area (Å²) in [7, 11) is 0. The Kier molecular flexibility index (Phi) is 4.35. The first-order valence-corrected chi connectivity index (χ1v) is 8.59. The molecule has 1 aromatic heterocycles. The molecular weight excluding hydrogens is 360 g/mol. The van der Waals surface area contributed by atoms with E-state index < -0.39 is 0 Å². The van der Waals surface area contributed by atoms with Crippen LogP contribution in [-0.4, -0.2) is 19.9 Å². The van der Waals surface area contributed by atoms with E-state index >= 15 is 0 Å². The van der Waals surface area contributed by atoms with Gasteiger partial charge in [0.25, 0.3) is 0 Å². The van der Waals surface area contributed by atoms with Gasteiger partial charge in [-0.05, 0) is 41.2 Å². The van der Waals surface area contributed by atoms with Crippen molar-refractivity contribution in [2.45, 2.75) is 0 Å². The number of aromatic nitrogens is 3. The van der Waals surface area contributed by atoms with Crippen molar-refractivity contribution in [2.24, 2.45) is 5.18 Å². The Morgan fingerprint density at radius 2 is 1.70 bits per heavy atom. The summed E-state index contributed by atoms with van der Waals surface area (Å²) in [6.45, 7) is 0. The number of rotatable bonds is 4. The fourth-order valence-electron chi connectivity index (χ4n) is 3.02. The molecule has 0 atom stereocenters. The Labute approximate surface area is 159 Å². The molecular formula is C20H14N4O2S. The van der Waals surface area contributed by atoms with E-state index in [1.54, 1.807) is 10.6 Å². The molecule has 6 nitrogen and oxygen atoms in total. The van der Waals surface area contributed by atoms with Gasteiger partial charge in [0, 0.05) is 17.2 Å². The minimum Gasteiger partial charge on any atom is -0.508 e. The molecule has 0 radical (unpaired) electrons. The predicted octanol–water partition coefficient (Wildman–Crippen LogP) is 5.37. The molecule has 0 spiro atoms. The van der Waals surface area contributed by atoms with E-state index in [-0.39, 0.29) is 11.4 Å². The second-order valence-corrected chi connectivity index (χ2v) is 6.25. The molecule has 0 aliphatic rings. The van der Waals surface area contributed by atoms with Crippen molar-refractivity contribution < 1.29 is 5.11 Å². The molecule has 132 valence electrons. The van der Waals surface area contributed by atoms with E-state index in [4.69, 9.17) is 12.2 Å². The highest BCUT2D eigenvalue weighted by Gasteiger charge is 2.18. The van der Waals surface area contributed by atoms with Gasteiger partial charge in [-0.15, -0.1) is 4.91 Å². The van der Waals surface area contributed by atoms with E-state index in [9.17, 15) is 10.0 Å². The Hall–Kier alpha value is -3.58. The van der Waals surface area contributed by atoms with Crippen molar-refractivity contribution in [1.29, 1.82) is 0 Å². The summed E-state index contributed by atoms with van der Waals surface area (Å²) in [5.41, 5.74) is 3.38. The van der Waals surface area contributed by atoms with Crippen LogP contribution in [0.5, 0.6) is 5.75 Å².